The zero-order chi connectivity index (χ0) is 26.0. The first-order chi connectivity index (χ1) is 15.9. The van der Waals surface area contributed by atoms with Crippen molar-refractivity contribution in [3.63, 3.8) is 0 Å². The summed E-state index contributed by atoms with van der Waals surface area (Å²) >= 11 is 82.9. The number of halogens is 12. The molecule has 0 saturated heterocycles. The molecule has 2 fully saturated rings. The van der Waals surface area contributed by atoms with Crippen molar-refractivity contribution in [2.24, 2.45) is 11.8 Å². The quantitative estimate of drug-likeness (QED) is 0.165. The van der Waals surface area contributed by atoms with Gasteiger partial charge in [0.1, 0.15) is 19.5 Å². The van der Waals surface area contributed by atoms with E-state index < -0.39 is 56.8 Å². The molecule has 1 aromatic carbocycles. The van der Waals surface area contributed by atoms with Gasteiger partial charge >= 0.3 is 0 Å². The molecular weight excluding hydrogens is 712 g/mol. The number of benzene rings is 1. The van der Waals surface area contributed by atoms with Crippen LogP contribution in [0.4, 0.5) is 5.69 Å². The van der Waals surface area contributed by atoms with Crippen LogP contribution in [0.2, 0.25) is 0 Å². The van der Waals surface area contributed by atoms with Crippen LogP contribution in [0.15, 0.2) is 38.3 Å². The predicted molar refractivity (Wildman–Crippen MR) is 146 cm³/mol. The van der Waals surface area contributed by atoms with Crippen molar-refractivity contribution < 1.29 is 4.92 Å². The Hall–Kier alpha value is 1.58. The first-order valence-corrected chi connectivity index (χ1v) is 14.4. The average Bonchev–Trinajstić information content (AvgIpc) is 3.13. The fourth-order valence-electron chi connectivity index (χ4n) is 7.00. The van der Waals surface area contributed by atoms with Crippen molar-refractivity contribution in [3.05, 3.63) is 59.6 Å². The van der Waals surface area contributed by atoms with E-state index in [-0.39, 0.29) is 25.8 Å². The molecule has 5 aliphatic rings. The van der Waals surface area contributed by atoms with E-state index in [1.54, 1.807) is 0 Å². The third kappa shape index (κ3) is 2.35. The fourth-order valence-corrected chi connectivity index (χ4v) is 13.1. The average molecular weight is 719 g/mol. The molecule has 15 heteroatoms. The number of rotatable bonds is 1. The van der Waals surface area contributed by atoms with Crippen LogP contribution in [0, 0.1) is 22.0 Å². The number of nitrogens with zero attached hydrogens (tertiary/aromatic N) is 1. The maximum atomic E-state index is 11.7. The second kappa shape index (κ2) is 7.25. The summed E-state index contributed by atoms with van der Waals surface area (Å²) in [4.78, 5) is 4.05. The van der Waals surface area contributed by atoms with Crippen LogP contribution >= 0.6 is 139 Å². The number of hydrogen-bond acceptors (Lipinski definition) is 2. The topological polar surface area (TPSA) is 43.1 Å². The van der Waals surface area contributed by atoms with Gasteiger partial charge in [0.15, 0.2) is 8.67 Å². The van der Waals surface area contributed by atoms with Crippen LogP contribution in [0.3, 0.4) is 0 Å². The van der Waals surface area contributed by atoms with E-state index in [0.717, 1.165) is 0 Å². The van der Waals surface area contributed by atoms with Crippen LogP contribution in [0.25, 0.3) is 0 Å². The smallest absolute Gasteiger partial charge is 0.258 e. The van der Waals surface area contributed by atoms with Crippen molar-refractivity contribution in [1.29, 1.82) is 0 Å². The minimum Gasteiger partial charge on any atom is -0.258 e. The van der Waals surface area contributed by atoms with Crippen LogP contribution in [-0.2, 0) is 0 Å². The standard InChI is InChI=1S/C20H7Cl12NO2/c21-11-13(23)17(27)9-7(15(11,25)19(17,29)30)5-2-1-4(33(34)35)3-6(5)8-10(9)18(28)14(24)12(22)16(8,26)20(18,31)32/h1-3,7-10H/t7-,8-,9-,10-,15+,16+,17-,18-/m1/s1. The molecule has 0 spiro atoms. The second-order valence-corrected chi connectivity index (χ2v) is 15.9. The van der Waals surface area contributed by atoms with Gasteiger partial charge in [-0.2, -0.15) is 0 Å². The molecule has 2 saturated carbocycles. The van der Waals surface area contributed by atoms with E-state index in [9.17, 15) is 10.1 Å². The number of fused-ring (bicyclic) bond motifs is 14. The van der Waals surface area contributed by atoms with E-state index in [4.69, 9.17) is 139 Å². The van der Waals surface area contributed by atoms with Gasteiger partial charge in [-0.15, -0.1) is 46.4 Å². The first kappa shape index (κ1) is 26.8. The van der Waals surface area contributed by atoms with Gasteiger partial charge in [0.2, 0.25) is 0 Å². The molecular formula is C20H7Cl12NO2. The summed E-state index contributed by atoms with van der Waals surface area (Å²) in [6.07, 6.45) is 0. The molecule has 0 unspecified atom stereocenters. The molecule has 3 nitrogen and oxygen atoms in total. The lowest BCUT2D eigenvalue weighted by Gasteiger charge is -2.52. The highest BCUT2D eigenvalue weighted by Gasteiger charge is 2.91. The number of alkyl halides is 8. The molecule has 0 heterocycles. The predicted octanol–water partition coefficient (Wildman–Crippen LogP) is 9.70. The van der Waals surface area contributed by atoms with Crippen molar-refractivity contribution in [1.82, 2.24) is 0 Å². The zero-order valence-corrected chi connectivity index (χ0v) is 25.4. The van der Waals surface area contributed by atoms with Gasteiger partial charge in [0.05, 0.1) is 25.1 Å². The van der Waals surface area contributed by atoms with E-state index in [1.165, 1.54) is 18.2 Å². The Morgan fingerprint density at radius 3 is 1.40 bits per heavy atom. The number of allylic oxidation sites excluding steroid dienone is 4. The maximum Gasteiger partial charge on any atom is 0.269 e. The van der Waals surface area contributed by atoms with Gasteiger partial charge in [-0.1, -0.05) is 98.9 Å². The van der Waals surface area contributed by atoms with E-state index in [2.05, 4.69) is 0 Å². The summed E-state index contributed by atoms with van der Waals surface area (Å²) in [7, 11) is 0. The molecule has 0 N–H and O–H groups in total. The van der Waals surface area contributed by atoms with Crippen LogP contribution < -0.4 is 0 Å². The highest BCUT2D eigenvalue weighted by molar-refractivity contribution is 6.67. The van der Waals surface area contributed by atoms with Crippen LogP contribution in [-0.4, -0.2) is 33.1 Å². The van der Waals surface area contributed by atoms with Gasteiger partial charge in [0.25, 0.3) is 5.69 Å². The van der Waals surface area contributed by atoms with Gasteiger partial charge in [-0.25, -0.2) is 0 Å². The Morgan fingerprint density at radius 1 is 0.629 bits per heavy atom. The summed E-state index contributed by atoms with van der Waals surface area (Å²) in [5.74, 6) is -3.52. The van der Waals surface area contributed by atoms with Gasteiger partial charge in [-0.3, -0.25) is 10.1 Å². The van der Waals surface area contributed by atoms with Crippen molar-refractivity contribution in [2.75, 3.05) is 0 Å². The summed E-state index contributed by atoms with van der Waals surface area (Å²) < 4.78 is -3.93. The highest BCUT2D eigenvalue weighted by atomic mass is 35.5. The SMILES string of the molecule is O=[N+]([O-])c1ccc2c(c1)[C@@H]1[C@H]([C@H]3[C@@H]2[C@]2(Cl)C(Cl)=C(Cl)[C@@]3(Cl)C2(Cl)Cl)[C@@]2(Cl)C(Cl)=C(Cl)[C@]1(Cl)C2(Cl)Cl. The molecule has 4 bridgehead atoms. The van der Waals surface area contributed by atoms with E-state index >= 15 is 0 Å². The lowest BCUT2D eigenvalue weighted by molar-refractivity contribution is -0.385. The number of nitro benzene ring substituents is 1. The lowest BCUT2D eigenvalue weighted by atomic mass is 9.57. The third-order valence-electron chi connectivity index (χ3n) is 8.32. The molecule has 5 aliphatic carbocycles. The molecule has 8 atom stereocenters. The second-order valence-electron chi connectivity index (χ2n) is 9.33. The number of nitro groups is 1. The molecule has 188 valence electrons. The zero-order valence-electron chi connectivity index (χ0n) is 16.3. The van der Waals surface area contributed by atoms with Gasteiger partial charge in [0, 0.05) is 35.8 Å². The van der Waals surface area contributed by atoms with E-state index in [1.807, 2.05) is 0 Å². The largest absolute Gasteiger partial charge is 0.269 e. The number of hydrogen-bond donors (Lipinski definition) is 0. The molecule has 0 radical (unpaired) electrons. The Kier molecular flexibility index (Phi) is 5.55. The van der Waals surface area contributed by atoms with Crippen LogP contribution in [0.5, 0.6) is 0 Å². The molecule has 35 heavy (non-hydrogen) atoms. The Morgan fingerprint density at radius 2 is 1.00 bits per heavy atom. The Labute approximate surface area is 258 Å². The minimum atomic E-state index is -1.99. The van der Waals surface area contributed by atoms with Crippen molar-refractivity contribution in [2.45, 2.75) is 40.0 Å². The first-order valence-electron chi connectivity index (χ1n) is 9.83. The summed E-state index contributed by atoms with van der Waals surface area (Å²) in [5.41, 5.74) is 0.669. The maximum absolute atomic E-state index is 11.7. The van der Waals surface area contributed by atoms with Crippen molar-refractivity contribution in [3.8, 4) is 0 Å². The van der Waals surface area contributed by atoms with Crippen molar-refractivity contribution >= 4 is 145 Å². The Balaban J connectivity index is 1.79. The molecule has 6 rings (SSSR count). The third-order valence-corrected chi connectivity index (χ3v) is 16.9. The molecule has 0 aliphatic heterocycles. The number of non-ortho nitro benzene ring substituents is 1. The van der Waals surface area contributed by atoms with Gasteiger partial charge in [-0.05, 0) is 11.1 Å². The molecule has 1 aromatic rings. The minimum absolute atomic E-state index is 0.0418. The Bertz CT molecular complexity index is 1340. The summed E-state index contributed by atoms with van der Waals surface area (Å²) in [5, 5.41) is 11.4. The summed E-state index contributed by atoms with van der Waals surface area (Å²) in [6.45, 7) is 0. The normalized spacial score (nSPS) is 47.8. The van der Waals surface area contributed by atoms with Gasteiger partial charge < -0.3 is 0 Å². The monoisotopic (exact) mass is 713 g/mol. The van der Waals surface area contributed by atoms with Crippen LogP contribution in [0.1, 0.15) is 23.0 Å². The lowest BCUT2D eigenvalue weighted by Crippen LogP contribution is -2.53. The van der Waals surface area contributed by atoms with E-state index in [0.29, 0.717) is 11.1 Å². The molecule has 0 aromatic heterocycles. The molecule has 0 amide bonds. The summed E-state index contributed by atoms with van der Waals surface area (Å²) in [6, 6.07) is 4.20. The fraction of sp³-hybridized carbons (Fsp3) is 0.500. The highest BCUT2D eigenvalue weighted by Crippen LogP contribution is 2.88.